The number of hydrogen-bond donors (Lipinski definition) is 0. The van der Waals surface area contributed by atoms with Crippen molar-refractivity contribution in [2.45, 2.75) is 6.61 Å². The normalized spacial score (nSPS) is 10.6. The molecule has 2 aromatic carbocycles. The number of alkyl halides is 2. The Morgan fingerprint density at radius 2 is 1.24 bits per heavy atom. The topological polar surface area (TPSA) is 9.23 Å². The average molecular weight is 238 g/mol. The van der Waals surface area contributed by atoms with Crippen LogP contribution in [-0.4, -0.2) is 6.61 Å². The van der Waals surface area contributed by atoms with Crippen molar-refractivity contribution >= 4 is 0 Å². The third-order valence-corrected chi connectivity index (χ3v) is 2.26. The summed E-state index contributed by atoms with van der Waals surface area (Å²) in [5.41, 5.74) is 1.63. The van der Waals surface area contributed by atoms with Crippen molar-refractivity contribution in [3.05, 3.63) is 54.3 Å². The van der Waals surface area contributed by atoms with Gasteiger partial charge >= 0.3 is 6.61 Å². The van der Waals surface area contributed by atoms with Crippen LogP contribution in [-0.2, 0) is 0 Å². The molecule has 88 valence electrons. The van der Waals surface area contributed by atoms with Crippen LogP contribution in [0.4, 0.5) is 13.2 Å². The third kappa shape index (κ3) is 3.00. The highest BCUT2D eigenvalue weighted by Crippen LogP contribution is 2.23. The van der Waals surface area contributed by atoms with E-state index in [1.807, 2.05) is 0 Å². The number of ether oxygens (including phenoxy) is 1. The van der Waals surface area contributed by atoms with Gasteiger partial charge in [-0.3, -0.25) is 0 Å². The summed E-state index contributed by atoms with van der Waals surface area (Å²) in [4.78, 5) is 0. The van der Waals surface area contributed by atoms with E-state index in [-0.39, 0.29) is 11.6 Å². The van der Waals surface area contributed by atoms with Gasteiger partial charge in [0.05, 0.1) is 0 Å². The van der Waals surface area contributed by atoms with Gasteiger partial charge in [-0.1, -0.05) is 24.3 Å². The van der Waals surface area contributed by atoms with Crippen molar-refractivity contribution in [1.82, 2.24) is 0 Å². The van der Waals surface area contributed by atoms with Crippen molar-refractivity contribution in [3.63, 3.8) is 0 Å². The Bertz CT molecular complexity index is 477. The molecule has 0 unspecified atom stereocenters. The monoisotopic (exact) mass is 238 g/mol. The van der Waals surface area contributed by atoms with Crippen LogP contribution in [0.2, 0.25) is 0 Å². The van der Waals surface area contributed by atoms with Crippen LogP contribution < -0.4 is 4.74 Å². The molecule has 0 saturated carbocycles. The van der Waals surface area contributed by atoms with Crippen LogP contribution in [0.25, 0.3) is 11.1 Å². The van der Waals surface area contributed by atoms with Gasteiger partial charge in [0.15, 0.2) is 0 Å². The Labute approximate surface area is 96.5 Å². The second kappa shape index (κ2) is 4.91. The Morgan fingerprint density at radius 1 is 0.765 bits per heavy atom. The fraction of sp³-hybridized carbons (Fsp3) is 0.0769. The van der Waals surface area contributed by atoms with E-state index >= 15 is 0 Å². The summed E-state index contributed by atoms with van der Waals surface area (Å²) < 4.78 is 40.8. The van der Waals surface area contributed by atoms with Gasteiger partial charge < -0.3 is 4.74 Å². The Kier molecular flexibility index (Phi) is 3.32. The molecule has 0 amide bonds. The van der Waals surface area contributed by atoms with E-state index in [0.717, 1.165) is 11.1 Å². The number of rotatable bonds is 3. The second-order valence-electron chi connectivity index (χ2n) is 3.41. The fourth-order valence-electron chi connectivity index (χ4n) is 1.47. The van der Waals surface area contributed by atoms with Crippen LogP contribution in [0.3, 0.4) is 0 Å². The molecule has 17 heavy (non-hydrogen) atoms. The molecular formula is C13H9F3O. The predicted octanol–water partition coefficient (Wildman–Crippen LogP) is 4.09. The van der Waals surface area contributed by atoms with Crippen LogP contribution in [0.5, 0.6) is 5.75 Å². The molecule has 0 aliphatic rings. The maximum atomic E-state index is 12.7. The van der Waals surface area contributed by atoms with Gasteiger partial charge in [0.1, 0.15) is 11.6 Å². The number of hydrogen-bond acceptors (Lipinski definition) is 1. The van der Waals surface area contributed by atoms with E-state index in [1.165, 1.54) is 24.3 Å². The first kappa shape index (κ1) is 11.5. The van der Waals surface area contributed by atoms with Crippen LogP contribution in [0.1, 0.15) is 0 Å². The molecule has 0 aliphatic heterocycles. The van der Waals surface area contributed by atoms with Gasteiger partial charge in [-0.05, 0) is 35.4 Å². The summed E-state index contributed by atoms with van der Waals surface area (Å²) in [6.07, 6.45) is 0. The lowest BCUT2D eigenvalue weighted by molar-refractivity contribution is -0.0498. The summed E-state index contributed by atoms with van der Waals surface area (Å²) in [6.45, 7) is -2.83. The molecule has 0 radical (unpaired) electrons. The molecule has 0 atom stereocenters. The summed E-state index contributed by atoms with van der Waals surface area (Å²) in [5, 5.41) is 0. The van der Waals surface area contributed by atoms with Crippen molar-refractivity contribution in [3.8, 4) is 16.9 Å². The third-order valence-electron chi connectivity index (χ3n) is 2.26. The molecule has 4 heteroatoms. The molecule has 0 fully saturated rings. The van der Waals surface area contributed by atoms with E-state index in [9.17, 15) is 13.2 Å². The summed E-state index contributed by atoms with van der Waals surface area (Å²) in [7, 11) is 0. The number of halogens is 3. The standard InChI is InChI=1S/C13H9F3O/c14-11-5-1-9(2-6-11)10-3-7-12(8-4-10)17-13(15)16/h1-8,13H. The predicted molar refractivity (Wildman–Crippen MR) is 58.5 cm³/mol. The van der Waals surface area contributed by atoms with Gasteiger partial charge in [-0.2, -0.15) is 8.78 Å². The van der Waals surface area contributed by atoms with E-state index in [1.54, 1.807) is 24.3 Å². The lowest BCUT2D eigenvalue weighted by atomic mass is 10.1. The molecule has 0 aromatic heterocycles. The summed E-state index contributed by atoms with van der Waals surface area (Å²) in [5.74, 6) is -0.211. The van der Waals surface area contributed by atoms with Crippen molar-refractivity contribution in [2.24, 2.45) is 0 Å². The van der Waals surface area contributed by atoms with Crippen molar-refractivity contribution < 1.29 is 17.9 Å². The molecule has 0 spiro atoms. The largest absolute Gasteiger partial charge is 0.435 e. The van der Waals surface area contributed by atoms with Gasteiger partial charge in [0.25, 0.3) is 0 Å². The highest BCUT2D eigenvalue weighted by molar-refractivity contribution is 5.63. The first-order valence-electron chi connectivity index (χ1n) is 4.96. The Morgan fingerprint density at radius 3 is 1.71 bits per heavy atom. The van der Waals surface area contributed by atoms with Gasteiger partial charge in [-0.25, -0.2) is 4.39 Å². The minimum atomic E-state index is -2.83. The molecule has 0 aliphatic carbocycles. The first-order chi connectivity index (χ1) is 8.15. The van der Waals surface area contributed by atoms with Crippen molar-refractivity contribution in [1.29, 1.82) is 0 Å². The van der Waals surface area contributed by atoms with Crippen LogP contribution in [0, 0.1) is 5.82 Å². The number of benzene rings is 2. The SMILES string of the molecule is Fc1ccc(-c2ccc(OC(F)F)cc2)cc1. The second-order valence-corrected chi connectivity index (χ2v) is 3.41. The Balaban J connectivity index is 2.20. The maximum Gasteiger partial charge on any atom is 0.387 e. The fourth-order valence-corrected chi connectivity index (χ4v) is 1.47. The molecule has 1 nitrogen and oxygen atoms in total. The highest BCUT2D eigenvalue weighted by Gasteiger charge is 2.04. The molecule has 0 saturated heterocycles. The Hall–Kier alpha value is -1.97. The zero-order valence-electron chi connectivity index (χ0n) is 8.74. The highest BCUT2D eigenvalue weighted by atomic mass is 19.3. The van der Waals surface area contributed by atoms with E-state index in [0.29, 0.717) is 0 Å². The lowest BCUT2D eigenvalue weighted by Gasteiger charge is -2.05. The summed E-state index contributed by atoms with van der Waals surface area (Å²) in [6, 6.07) is 12.1. The first-order valence-corrected chi connectivity index (χ1v) is 4.96. The van der Waals surface area contributed by atoms with Gasteiger partial charge in [-0.15, -0.1) is 0 Å². The average Bonchev–Trinajstić information content (AvgIpc) is 2.30. The van der Waals surface area contributed by atoms with Crippen LogP contribution >= 0.6 is 0 Å². The van der Waals surface area contributed by atoms with E-state index in [2.05, 4.69) is 4.74 Å². The molecule has 0 N–H and O–H groups in total. The van der Waals surface area contributed by atoms with Gasteiger partial charge in [0, 0.05) is 0 Å². The minimum Gasteiger partial charge on any atom is -0.435 e. The molecule has 0 bridgehead atoms. The van der Waals surface area contributed by atoms with E-state index < -0.39 is 6.61 Å². The summed E-state index contributed by atoms with van der Waals surface area (Å²) >= 11 is 0. The van der Waals surface area contributed by atoms with Gasteiger partial charge in [0.2, 0.25) is 0 Å². The quantitative estimate of drug-likeness (QED) is 0.782. The molecule has 2 rings (SSSR count). The smallest absolute Gasteiger partial charge is 0.387 e. The minimum absolute atomic E-state index is 0.103. The van der Waals surface area contributed by atoms with Crippen molar-refractivity contribution in [2.75, 3.05) is 0 Å². The lowest BCUT2D eigenvalue weighted by Crippen LogP contribution is -2.01. The maximum absolute atomic E-state index is 12.7. The van der Waals surface area contributed by atoms with Crippen LogP contribution in [0.15, 0.2) is 48.5 Å². The zero-order valence-corrected chi connectivity index (χ0v) is 8.74. The molecule has 2 aromatic rings. The molecule has 0 heterocycles. The zero-order chi connectivity index (χ0) is 12.3. The van der Waals surface area contributed by atoms with E-state index in [4.69, 9.17) is 0 Å². The molecular weight excluding hydrogens is 229 g/mol.